The van der Waals surface area contributed by atoms with Gasteiger partial charge in [-0.25, -0.2) is 15.0 Å². The lowest BCUT2D eigenvalue weighted by molar-refractivity contribution is -0.154. The summed E-state index contributed by atoms with van der Waals surface area (Å²) in [5.74, 6) is 0.416. The van der Waals surface area contributed by atoms with Crippen LogP contribution in [0.3, 0.4) is 0 Å². The van der Waals surface area contributed by atoms with Gasteiger partial charge >= 0.3 is 6.18 Å². The number of fused-ring (bicyclic) bond motifs is 3. The average Bonchev–Trinajstić information content (AvgIpc) is 3.07. The molecule has 0 bridgehead atoms. The normalized spacial score (nSPS) is 13.3. The molecule has 4 aromatic rings. The molecule has 0 saturated carbocycles. The van der Waals surface area contributed by atoms with Gasteiger partial charge in [-0.3, -0.25) is 4.40 Å². The van der Waals surface area contributed by atoms with Crippen LogP contribution < -0.4 is 0 Å². The van der Waals surface area contributed by atoms with Gasteiger partial charge < -0.3 is 5.11 Å². The van der Waals surface area contributed by atoms with Crippen molar-refractivity contribution in [2.45, 2.75) is 32.5 Å². The Morgan fingerprint density at radius 1 is 1.14 bits per heavy atom. The van der Waals surface area contributed by atoms with Crippen LogP contribution in [0, 0.1) is 13.8 Å². The summed E-state index contributed by atoms with van der Waals surface area (Å²) in [4.78, 5) is 13.5. The van der Waals surface area contributed by atoms with Crippen molar-refractivity contribution < 1.29 is 18.3 Å². The molecular formula is C20H16ClF3N4O. The first-order valence-electron chi connectivity index (χ1n) is 8.80. The van der Waals surface area contributed by atoms with Crippen LogP contribution in [0.15, 0.2) is 36.5 Å². The number of imidazole rings is 1. The first-order valence-corrected chi connectivity index (χ1v) is 9.18. The predicted molar refractivity (Wildman–Crippen MR) is 104 cm³/mol. The molecule has 1 N–H and O–H groups in total. The fraction of sp³-hybridized carbons (Fsp3) is 0.250. The lowest BCUT2D eigenvalue weighted by Crippen LogP contribution is -2.13. The Hall–Kier alpha value is -2.71. The number of nitrogens with zero attached hydrogens (tertiary/aromatic N) is 4. The van der Waals surface area contributed by atoms with E-state index in [9.17, 15) is 18.3 Å². The Kier molecular flexibility index (Phi) is 4.71. The van der Waals surface area contributed by atoms with Gasteiger partial charge in [0.15, 0.2) is 5.65 Å². The maximum atomic E-state index is 12.7. The van der Waals surface area contributed by atoms with Crippen molar-refractivity contribution in [2.24, 2.45) is 0 Å². The number of aromatic nitrogens is 4. The number of aryl methyl sites for hydroxylation is 2. The molecule has 4 rings (SSSR count). The Labute approximate surface area is 168 Å². The number of halogens is 4. The molecule has 0 fully saturated rings. The van der Waals surface area contributed by atoms with Gasteiger partial charge in [0, 0.05) is 11.3 Å². The number of aliphatic hydroxyl groups excluding tert-OH is 1. The summed E-state index contributed by atoms with van der Waals surface area (Å²) in [7, 11) is 0. The minimum Gasteiger partial charge on any atom is -0.388 e. The summed E-state index contributed by atoms with van der Waals surface area (Å²) in [6.07, 6.45) is -5.91. The second-order valence-corrected chi connectivity index (χ2v) is 7.28. The Morgan fingerprint density at radius 3 is 2.62 bits per heavy atom. The SMILES string of the molecule is Cc1ccc2nc(C)c3cnc(-c4cc(C(O)CC(F)(F)F)ccc4Cl)n3c2n1. The van der Waals surface area contributed by atoms with E-state index in [1.165, 1.54) is 18.2 Å². The molecule has 150 valence electrons. The van der Waals surface area contributed by atoms with Gasteiger partial charge in [-0.2, -0.15) is 13.2 Å². The van der Waals surface area contributed by atoms with Crippen LogP contribution in [-0.2, 0) is 0 Å². The first-order chi connectivity index (χ1) is 13.6. The van der Waals surface area contributed by atoms with Gasteiger partial charge in [0.05, 0.1) is 35.0 Å². The van der Waals surface area contributed by atoms with Gasteiger partial charge in [-0.1, -0.05) is 17.7 Å². The molecule has 3 aromatic heterocycles. The molecule has 5 nitrogen and oxygen atoms in total. The van der Waals surface area contributed by atoms with Crippen LogP contribution in [0.5, 0.6) is 0 Å². The maximum absolute atomic E-state index is 12.7. The summed E-state index contributed by atoms with van der Waals surface area (Å²) < 4.78 is 39.9. The van der Waals surface area contributed by atoms with Crippen LogP contribution in [0.4, 0.5) is 13.2 Å². The van der Waals surface area contributed by atoms with Crippen molar-refractivity contribution in [1.29, 1.82) is 0 Å². The molecule has 0 radical (unpaired) electrons. The van der Waals surface area contributed by atoms with Gasteiger partial charge in [-0.15, -0.1) is 0 Å². The quantitative estimate of drug-likeness (QED) is 0.494. The smallest absolute Gasteiger partial charge is 0.388 e. The minimum absolute atomic E-state index is 0.109. The zero-order chi connectivity index (χ0) is 20.9. The highest BCUT2D eigenvalue weighted by Gasteiger charge is 2.32. The molecule has 1 unspecified atom stereocenters. The highest BCUT2D eigenvalue weighted by molar-refractivity contribution is 6.33. The van der Waals surface area contributed by atoms with E-state index in [4.69, 9.17) is 11.6 Å². The van der Waals surface area contributed by atoms with E-state index < -0.39 is 18.7 Å². The number of rotatable bonds is 3. The lowest BCUT2D eigenvalue weighted by atomic mass is 10.0. The number of hydrogen-bond donors (Lipinski definition) is 1. The Bertz CT molecular complexity index is 1240. The van der Waals surface area contributed by atoms with E-state index in [2.05, 4.69) is 15.0 Å². The predicted octanol–water partition coefficient (Wildman–Crippen LogP) is 5.20. The summed E-state index contributed by atoms with van der Waals surface area (Å²) in [6.45, 7) is 3.69. The molecule has 3 heterocycles. The molecule has 0 saturated heterocycles. The van der Waals surface area contributed by atoms with Crippen LogP contribution in [0.25, 0.3) is 28.1 Å². The second kappa shape index (κ2) is 6.96. The summed E-state index contributed by atoms with van der Waals surface area (Å²) in [5, 5.41) is 10.3. The van der Waals surface area contributed by atoms with Gasteiger partial charge in [0.25, 0.3) is 0 Å². The fourth-order valence-electron chi connectivity index (χ4n) is 3.30. The number of alkyl halides is 3. The van der Waals surface area contributed by atoms with E-state index in [1.54, 1.807) is 10.6 Å². The van der Waals surface area contributed by atoms with Crippen LogP contribution >= 0.6 is 11.6 Å². The molecule has 0 aliphatic heterocycles. The van der Waals surface area contributed by atoms with E-state index in [1.807, 2.05) is 26.0 Å². The monoisotopic (exact) mass is 420 g/mol. The second-order valence-electron chi connectivity index (χ2n) is 6.87. The third-order valence-corrected chi connectivity index (χ3v) is 5.00. The molecular weight excluding hydrogens is 405 g/mol. The number of benzene rings is 1. The highest BCUT2D eigenvalue weighted by Crippen LogP contribution is 2.35. The van der Waals surface area contributed by atoms with E-state index in [0.29, 0.717) is 33.1 Å². The molecule has 0 aliphatic rings. The zero-order valence-electron chi connectivity index (χ0n) is 15.5. The Morgan fingerprint density at radius 2 is 1.90 bits per heavy atom. The summed E-state index contributed by atoms with van der Waals surface area (Å²) in [6, 6.07) is 7.97. The topological polar surface area (TPSA) is 63.3 Å². The third kappa shape index (κ3) is 3.65. The first kappa shape index (κ1) is 19.6. The standard InChI is InChI=1S/C20H16ClF3N4O/c1-10-3-6-15-19(26-10)28-16(11(2)27-15)9-25-18(28)13-7-12(4-5-14(13)21)17(29)8-20(22,23)24/h3-7,9,17,29H,8H2,1-2H3. The fourth-order valence-corrected chi connectivity index (χ4v) is 3.50. The van der Waals surface area contributed by atoms with E-state index >= 15 is 0 Å². The molecule has 0 spiro atoms. The van der Waals surface area contributed by atoms with Crippen LogP contribution in [0.2, 0.25) is 5.02 Å². The average molecular weight is 421 g/mol. The van der Waals surface area contributed by atoms with Gasteiger partial charge in [-0.05, 0) is 43.7 Å². The van der Waals surface area contributed by atoms with Gasteiger partial charge in [0.1, 0.15) is 11.3 Å². The van der Waals surface area contributed by atoms with Crippen molar-refractivity contribution in [3.8, 4) is 11.4 Å². The molecule has 1 aromatic carbocycles. The van der Waals surface area contributed by atoms with Gasteiger partial charge in [0.2, 0.25) is 0 Å². The number of hydrogen-bond acceptors (Lipinski definition) is 4. The molecule has 9 heteroatoms. The highest BCUT2D eigenvalue weighted by atomic mass is 35.5. The molecule has 0 aliphatic carbocycles. The van der Waals surface area contributed by atoms with E-state index in [0.717, 1.165) is 11.4 Å². The Balaban J connectivity index is 1.94. The molecule has 29 heavy (non-hydrogen) atoms. The van der Waals surface area contributed by atoms with Crippen molar-refractivity contribution in [3.05, 3.63) is 58.5 Å². The largest absolute Gasteiger partial charge is 0.391 e. The van der Waals surface area contributed by atoms with Crippen LogP contribution in [-0.4, -0.2) is 30.6 Å². The number of aliphatic hydroxyl groups is 1. The maximum Gasteiger partial charge on any atom is 0.391 e. The summed E-state index contributed by atoms with van der Waals surface area (Å²) in [5.41, 5.74) is 3.96. The molecule has 0 amide bonds. The van der Waals surface area contributed by atoms with Crippen molar-refractivity contribution in [3.63, 3.8) is 0 Å². The van der Waals surface area contributed by atoms with Crippen molar-refractivity contribution >= 4 is 28.3 Å². The van der Waals surface area contributed by atoms with Crippen LogP contribution in [0.1, 0.15) is 29.5 Å². The zero-order valence-corrected chi connectivity index (χ0v) is 16.3. The third-order valence-electron chi connectivity index (χ3n) is 4.67. The number of pyridine rings is 1. The molecule has 1 atom stereocenters. The van der Waals surface area contributed by atoms with E-state index in [-0.39, 0.29) is 5.56 Å². The minimum atomic E-state index is -4.49. The van der Waals surface area contributed by atoms with Crippen molar-refractivity contribution in [2.75, 3.05) is 0 Å². The lowest BCUT2D eigenvalue weighted by Gasteiger charge is -2.15. The summed E-state index contributed by atoms with van der Waals surface area (Å²) >= 11 is 6.35. The van der Waals surface area contributed by atoms with Crippen molar-refractivity contribution in [1.82, 2.24) is 19.4 Å².